The minimum Gasteiger partial charge on any atom is -0.508 e. The van der Waals surface area contributed by atoms with Crippen LogP contribution in [0.4, 0.5) is 0 Å². The number of rotatable bonds is 44. The van der Waals surface area contributed by atoms with Crippen molar-refractivity contribution in [2.45, 2.75) is 245 Å². The van der Waals surface area contributed by atoms with E-state index >= 15 is 0 Å². The van der Waals surface area contributed by atoms with E-state index < -0.39 is 102 Å². The summed E-state index contributed by atoms with van der Waals surface area (Å²) in [4.78, 5) is 154. The van der Waals surface area contributed by atoms with E-state index in [2.05, 4.69) is 85.8 Å². The van der Waals surface area contributed by atoms with Gasteiger partial charge in [0.05, 0.1) is 31.8 Å². The van der Waals surface area contributed by atoms with Crippen LogP contribution in [0.5, 0.6) is 5.75 Å². The Hall–Kier alpha value is -8.89. The van der Waals surface area contributed by atoms with E-state index in [0.717, 1.165) is 24.8 Å². The number of nitrogens with one attached hydrogen (secondary N) is 8. The fraction of sp³-hybridized carbons (Fsp3) is 0.643. The highest BCUT2D eigenvalue weighted by atomic mass is 16.3. The number of carbonyl (C=O) groups is 9. The zero-order chi connectivity index (χ0) is 73.4. The third-order valence-electron chi connectivity index (χ3n) is 16.6. The predicted octanol–water partition coefficient (Wildman–Crippen LogP) is 3.81. The third kappa shape index (κ3) is 34.0. The van der Waals surface area contributed by atoms with Crippen LogP contribution in [-0.2, 0) is 56.0 Å². The molecule has 2 aromatic rings. The Morgan fingerprint density at radius 1 is 0.667 bits per heavy atom. The van der Waals surface area contributed by atoms with Crippen molar-refractivity contribution in [1.29, 1.82) is 0 Å². The number of aliphatic hydroxyl groups excluding tert-OH is 1. The first-order chi connectivity index (χ1) is 47.1. The Kier molecular flexibility index (Phi) is 39.5. The average molecular weight is 1380 g/mol. The molecule has 99 heavy (non-hydrogen) atoms. The first-order valence-corrected chi connectivity index (χ1v) is 35.1. The van der Waals surface area contributed by atoms with E-state index in [1.807, 2.05) is 26.8 Å². The number of aromatic hydroxyl groups is 1. The lowest BCUT2D eigenvalue weighted by Crippen LogP contribution is -2.57. The molecule has 1 aromatic carbocycles. The van der Waals surface area contributed by atoms with Gasteiger partial charge in [-0.15, -0.1) is 0 Å². The summed E-state index contributed by atoms with van der Waals surface area (Å²) in [5.41, 5.74) is 23.6. The highest BCUT2D eigenvalue weighted by Crippen LogP contribution is 2.23. The Bertz CT molecular complexity index is 3080. The second-order valence-electron chi connectivity index (χ2n) is 26.5. The Labute approximate surface area is 583 Å². The molecular formula is C70H114N18O11. The summed E-state index contributed by atoms with van der Waals surface area (Å²) in [5.74, 6) is -7.87. The number of benzene rings is 1. The SMILES string of the molecule is C=NCC1NC(=O)C(CO)=NCC(NC(=O)C(CC(C)C)=NC(=O)C(CCCN=C(N)N)NC(=O)C(CCCN=C(N)N)=NC(=O)C(C)NC(=O)C(Cc2ccc(O)cc2)NC(=O)C(C)NC(=O)C(CC(C)C)NC(=O)CCCCCCCCCCCCCCC)Cc2cc(c[nH]2)C1C. The van der Waals surface area contributed by atoms with Crippen LogP contribution in [0.1, 0.15) is 207 Å². The van der Waals surface area contributed by atoms with Crippen molar-refractivity contribution in [3.8, 4) is 5.75 Å². The fourth-order valence-electron chi connectivity index (χ4n) is 11.0. The molecular weight excluding hydrogens is 1270 g/mol. The fourth-order valence-corrected chi connectivity index (χ4v) is 11.0. The van der Waals surface area contributed by atoms with Gasteiger partial charge in [0.2, 0.25) is 23.6 Å². The topological polar surface area (TPSA) is 472 Å². The Morgan fingerprint density at radius 2 is 1.25 bits per heavy atom. The van der Waals surface area contributed by atoms with Crippen molar-refractivity contribution >= 4 is 88.9 Å². The average Bonchev–Trinajstić information content (AvgIpc) is 1.78. The summed E-state index contributed by atoms with van der Waals surface area (Å²) in [5, 5.41) is 39.5. The van der Waals surface area contributed by atoms with Crippen LogP contribution in [0, 0.1) is 11.8 Å². The number of aromatic nitrogens is 1. The van der Waals surface area contributed by atoms with Gasteiger partial charge in [0, 0.05) is 50.2 Å². The zero-order valence-electron chi connectivity index (χ0n) is 59.6. The van der Waals surface area contributed by atoms with Crippen LogP contribution in [-0.4, -0.2) is 179 Å². The molecule has 2 bridgehead atoms. The maximum Gasteiger partial charge on any atom is 0.268 e. The summed E-state index contributed by atoms with van der Waals surface area (Å²) in [6, 6.07) is 0.00370. The number of carbonyl (C=O) groups excluding carboxylic acids is 9. The number of unbranched alkanes of at least 4 members (excludes halogenated alkanes) is 12. The molecule has 29 heteroatoms. The van der Waals surface area contributed by atoms with Crippen molar-refractivity contribution in [3.63, 3.8) is 0 Å². The lowest BCUT2D eigenvalue weighted by Gasteiger charge is -2.25. The van der Waals surface area contributed by atoms with E-state index in [4.69, 9.17) is 22.9 Å². The number of aliphatic imine (C=N–C) groups is 6. The second kappa shape index (κ2) is 46.4. The number of hydrogen-bond acceptors (Lipinski definition) is 15. The highest BCUT2D eigenvalue weighted by Gasteiger charge is 2.32. The molecule has 2 heterocycles. The van der Waals surface area contributed by atoms with Crippen molar-refractivity contribution < 1.29 is 53.4 Å². The number of aliphatic hydroxyl groups is 1. The quantitative estimate of drug-likeness (QED) is 0.0255. The normalized spacial score (nSPS) is 16.6. The van der Waals surface area contributed by atoms with Gasteiger partial charge in [0.15, 0.2) is 11.9 Å². The predicted molar refractivity (Wildman–Crippen MR) is 387 cm³/mol. The summed E-state index contributed by atoms with van der Waals surface area (Å²) < 4.78 is 0. The number of fused-ring (bicyclic) bond motifs is 2. The Morgan fingerprint density at radius 3 is 1.84 bits per heavy atom. The van der Waals surface area contributed by atoms with E-state index in [9.17, 15) is 53.4 Å². The maximum atomic E-state index is 14.5. The molecule has 1 aliphatic rings. The molecule has 8 atom stereocenters. The molecule has 9 amide bonds. The number of aromatic amines is 1. The summed E-state index contributed by atoms with van der Waals surface area (Å²) >= 11 is 0. The number of phenolic OH excluding ortho intramolecular Hbond substituents is 1. The van der Waals surface area contributed by atoms with Gasteiger partial charge in [-0.25, -0.2) is 9.98 Å². The molecule has 18 N–H and O–H groups in total. The lowest BCUT2D eigenvalue weighted by atomic mass is 9.94. The summed E-state index contributed by atoms with van der Waals surface area (Å²) in [6.45, 7) is 17.2. The molecule has 0 spiro atoms. The summed E-state index contributed by atoms with van der Waals surface area (Å²) in [7, 11) is 0. The van der Waals surface area contributed by atoms with E-state index in [1.54, 1.807) is 20.0 Å². The number of nitrogens with zero attached hydrogens (tertiary/aromatic N) is 6. The number of H-pyrrole nitrogens is 1. The van der Waals surface area contributed by atoms with Crippen LogP contribution >= 0.6 is 0 Å². The van der Waals surface area contributed by atoms with Crippen molar-refractivity contribution in [2.75, 3.05) is 32.8 Å². The molecule has 0 fully saturated rings. The standard InChI is InChI=1S/C70H114N18O11/c1-10-11-12-13-14-15-16-17-18-19-20-21-22-27-60(91)83-55(34-43(2)3)65(96)80-47(8)62(93)86-57(36-48-28-30-52(90)31-29-48)66(97)81-46(7)61(92)84-53(25-23-32-76-69(71)72)63(94)85-54(26-24-33-77-70(73)74)64(95)87-56(35-44(4)5)67(98)82-51-38-50-37-49(39-78-50)45(6)58(41-75-9)88-68(99)59(42-89)79-40-51/h28-31,37,39,43-47,51,54-55,57-58,78,89-90H,9-27,32-36,38,40-42H2,1-8H3,(H,80,96)(H,81,97)(H,82,98)(H,83,91)(H,85,94)(H,86,93)(H,88,99)(H4,71,72,76)(H4,73,74,77). The van der Waals surface area contributed by atoms with Gasteiger partial charge < -0.3 is 75.3 Å². The largest absolute Gasteiger partial charge is 0.508 e. The van der Waals surface area contributed by atoms with Gasteiger partial charge in [-0.2, -0.15) is 0 Å². The van der Waals surface area contributed by atoms with Crippen molar-refractivity contribution in [2.24, 2.45) is 64.7 Å². The van der Waals surface area contributed by atoms with Gasteiger partial charge in [0.25, 0.3) is 29.5 Å². The van der Waals surface area contributed by atoms with Crippen LogP contribution in [0.15, 0.2) is 66.5 Å². The summed E-state index contributed by atoms with van der Waals surface area (Å²) in [6.07, 6.45) is 17.2. The lowest BCUT2D eigenvalue weighted by molar-refractivity contribution is -0.134. The van der Waals surface area contributed by atoms with Gasteiger partial charge >= 0.3 is 0 Å². The smallest absolute Gasteiger partial charge is 0.268 e. The first-order valence-electron chi connectivity index (χ1n) is 35.1. The monoisotopic (exact) mass is 1380 g/mol. The molecule has 1 aliphatic heterocycles. The van der Waals surface area contributed by atoms with E-state index in [0.29, 0.717) is 24.1 Å². The molecule has 1 aromatic heterocycles. The molecule has 550 valence electrons. The van der Waals surface area contributed by atoms with Gasteiger partial charge in [-0.05, 0) is 107 Å². The van der Waals surface area contributed by atoms with E-state index in [1.165, 1.54) is 95.9 Å². The van der Waals surface area contributed by atoms with Crippen LogP contribution < -0.4 is 60.2 Å². The maximum absolute atomic E-state index is 14.5. The van der Waals surface area contributed by atoms with Gasteiger partial charge in [0.1, 0.15) is 53.1 Å². The van der Waals surface area contributed by atoms with Crippen molar-refractivity contribution in [1.82, 2.24) is 42.2 Å². The highest BCUT2D eigenvalue weighted by molar-refractivity contribution is 6.42. The van der Waals surface area contributed by atoms with Crippen LogP contribution in [0.3, 0.4) is 0 Å². The third-order valence-corrected chi connectivity index (χ3v) is 16.6. The van der Waals surface area contributed by atoms with Gasteiger partial charge in [-0.3, -0.25) is 63.1 Å². The molecule has 0 saturated heterocycles. The van der Waals surface area contributed by atoms with Crippen molar-refractivity contribution in [3.05, 3.63) is 53.3 Å². The minimum absolute atomic E-state index is 0.000132. The molecule has 29 nitrogen and oxygen atoms in total. The number of amides is 9. The van der Waals surface area contributed by atoms with Crippen LogP contribution in [0.25, 0.3) is 0 Å². The number of phenols is 1. The Balaban J connectivity index is 1.88. The molecule has 8 unspecified atom stereocenters. The molecule has 0 aliphatic carbocycles. The second-order valence-corrected chi connectivity index (χ2v) is 26.5. The molecule has 0 radical (unpaired) electrons. The molecule has 3 rings (SSSR count). The number of guanidine groups is 2. The van der Waals surface area contributed by atoms with Crippen LogP contribution in [0.2, 0.25) is 0 Å². The number of hydrogen-bond donors (Lipinski definition) is 14. The molecule has 0 saturated carbocycles. The van der Waals surface area contributed by atoms with E-state index in [-0.39, 0.29) is 130 Å². The van der Waals surface area contributed by atoms with Gasteiger partial charge in [-0.1, -0.05) is 131 Å². The minimum atomic E-state index is -1.47. The zero-order valence-corrected chi connectivity index (χ0v) is 59.6. The number of nitrogens with two attached hydrogens (primary N) is 4. The first kappa shape index (κ1) is 84.3.